The minimum atomic E-state index is -0.618. The molecule has 2 aromatic heterocycles. The molecular formula is C11H10ClFN4O. The van der Waals surface area contributed by atoms with Gasteiger partial charge in [0.15, 0.2) is 0 Å². The van der Waals surface area contributed by atoms with E-state index in [-0.39, 0.29) is 10.7 Å². The molecule has 0 saturated heterocycles. The van der Waals surface area contributed by atoms with Crippen molar-refractivity contribution in [3.8, 4) is 0 Å². The minimum absolute atomic E-state index is 0.0140. The average Bonchev–Trinajstić information content (AvgIpc) is 2.61. The van der Waals surface area contributed by atoms with Crippen molar-refractivity contribution in [3.05, 3.63) is 40.7 Å². The first-order valence-electron chi connectivity index (χ1n) is 5.10. The highest BCUT2D eigenvalue weighted by molar-refractivity contribution is 6.33. The summed E-state index contributed by atoms with van der Waals surface area (Å²) in [6.45, 7) is 1.75. The Morgan fingerprint density at radius 2 is 2.28 bits per heavy atom. The van der Waals surface area contributed by atoms with E-state index in [1.54, 1.807) is 24.9 Å². The number of nitrogens with one attached hydrogen (secondary N) is 1. The van der Waals surface area contributed by atoms with Gasteiger partial charge < -0.3 is 5.32 Å². The van der Waals surface area contributed by atoms with Gasteiger partial charge in [-0.1, -0.05) is 11.6 Å². The van der Waals surface area contributed by atoms with E-state index in [9.17, 15) is 9.18 Å². The number of pyridine rings is 1. The Labute approximate surface area is 108 Å². The normalized spacial score (nSPS) is 10.4. The van der Waals surface area contributed by atoms with Crippen LogP contribution in [0.5, 0.6) is 0 Å². The van der Waals surface area contributed by atoms with Crippen LogP contribution in [0.3, 0.4) is 0 Å². The standard InChI is InChI=1S/C11H10ClFN4O/c1-6-9(5-17(2)16-6)15-11(18)8-3-7(13)4-14-10(8)12/h3-5H,1-2H3,(H,15,18). The first kappa shape index (κ1) is 12.5. The first-order valence-corrected chi connectivity index (χ1v) is 5.48. The molecule has 0 bridgehead atoms. The zero-order chi connectivity index (χ0) is 13.3. The van der Waals surface area contributed by atoms with Crippen LogP contribution >= 0.6 is 11.6 Å². The molecule has 2 aromatic rings. The number of rotatable bonds is 2. The lowest BCUT2D eigenvalue weighted by atomic mass is 10.2. The fourth-order valence-corrected chi connectivity index (χ4v) is 1.68. The number of aromatic nitrogens is 3. The number of amides is 1. The number of halogens is 2. The second-order valence-corrected chi connectivity index (χ2v) is 4.11. The van der Waals surface area contributed by atoms with Gasteiger partial charge >= 0.3 is 0 Å². The van der Waals surface area contributed by atoms with E-state index in [0.717, 1.165) is 12.3 Å². The van der Waals surface area contributed by atoms with Crippen LogP contribution in [0.25, 0.3) is 0 Å². The summed E-state index contributed by atoms with van der Waals surface area (Å²) in [5, 5.41) is 6.63. The molecule has 2 rings (SSSR count). The number of carbonyl (C=O) groups is 1. The summed E-state index contributed by atoms with van der Waals surface area (Å²) in [6, 6.07) is 1.04. The SMILES string of the molecule is Cc1nn(C)cc1NC(=O)c1cc(F)cnc1Cl. The quantitative estimate of drug-likeness (QED) is 0.849. The maximum Gasteiger partial charge on any atom is 0.258 e. The molecule has 0 unspecified atom stereocenters. The molecule has 0 fully saturated rings. The zero-order valence-corrected chi connectivity index (χ0v) is 10.5. The summed E-state index contributed by atoms with van der Waals surface area (Å²) in [5.74, 6) is -1.14. The number of aryl methyl sites for hydroxylation is 2. The Morgan fingerprint density at radius 3 is 2.89 bits per heavy atom. The van der Waals surface area contributed by atoms with Crippen molar-refractivity contribution >= 4 is 23.2 Å². The van der Waals surface area contributed by atoms with E-state index in [1.807, 2.05) is 0 Å². The van der Waals surface area contributed by atoms with Gasteiger partial charge in [-0.15, -0.1) is 0 Å². The van der Waals surface area contributed by atoms with Crippen molar-refractivity contribution in [2.75, 3.05) is 5.32 Å². The lowest BCUT2D eigenvalue weighted by Crippen LogP contribution is -2.13. The zero-order valence-electron chi connectivity index (χ0n) is 9.74. The van der Waals surface area contributed by atoms with Crippen LogP contribution in [0.4, 0.5) is 10.1 Å². The molecule has 0 aliphatic heterocycles. The minimum Gasteiger partial charge on any atom is -0.319 e. The molecule has 0 spiro atoms. The molecule has 2 heterocycles. The Hall–Kier alpha value is -1.95. The van der Waals surface area contributed by atoms with E-state index < -0.39 is 11.7 Å². The molecule has 0 saturated carbocycles. The van der Waals surface area contributed by atoms with Gasteiger partial charge in [0.2, 0.25) is 0 Å². The molecule has 94 valence electrons. The monoisotopic (exact) mass is 268 g/mol. The lowest BCUT2D eigenvalue weighted by molar-refractivity contribution is 0.102. The molecular weight excluding hydrogens is 259 g/mol. The Morgan fingerprint density at radius 1 is 1.56 bits per heavy atom. The molecule has 0 aliphatic carbocycles. The highest BCUT2D eigenvalue weighted by atomic mass is 35.5. The lowest BCUT2D eigenvalue weighted by Gasteiger charge is -2.04. The van der Waals surface area contributed by atoms with E-state index >= 15 is 0 Å². The topological polar surface area (TPSA) is 59.8 Å². The molecule has 0 aromatic carbocycles. The van der Waals surface area contributed by atoms with E-state index in [4.69, 9.17) is 11.6 Å². The molecule has 0 atom stereocenters. The van der Waals surface area contributed by atoms with Crippen molar-refractivity contribution in [2.24, 2.45) is 7.05 Å². The van der Waals surface area contributed by atoms with Gasteiger partial charge in [0.25, 0.3) is 5.91 Å². The molecule has 5 nitrogen and oxygen atoms in total. The van der Waals surface area contributed by atoms with Crippen LogP contribution in [0.1, 0.15) is 16.1 Å². The third-order valence-corrected chi connectivity index (χ3v) is 2.61. The molecule has 1 N–H and O–H groups in total. The van der Waals surface area contributed by atoms with Crippen LogP contribution in [0, 0.1) is 12.7 Å². The second-order valence-electron chi connectivity index (χ2n) is 3.75. The number of hydrogen-bond donors (Lipinski definition) is 1. The van der Waals surface area contributed by atoms with Crippen molar-refractivity contribution < 1.29 is 9.18 Å². The molecule has 18 heavy (non-hydrogen) atoms. The first-order chi connectivity index (χ1) is 8.47. The largest absolute Gasteiger partial charge is 0.319 e. The Kier molecular flexibility index (Phi) is 3.29. The van der Waals surface area contributed by atoms with Gasteiger partial charge in [0.05, 0.1) is 23.1 Å². The van der Waals surface area contributed by atoms with Crippen LogP contribution in [0.2, 0.25) is 5.15 Å². The van der Waals surface area contributed by atoms with Crippen molar-refractivity contribution in [1.82, 2.24) is 14.8 Å². The summed E-state index contributed by atoms with van der Waals surface area (Å²) in [7, 11) is 1.74. The van der Waals surface area contributed by atoms with Gasteiger partial charge in [-0.25, -0.2) is 9.37 Å². The fourth-order valence-electron chi connectivity index (χ4n) is 1.49. The van der Waals surface area contributed by atoms with Crippen LogP contribution in [-0.2, 0) is 7.05 Å². The summed E-state index contributed by atoms with van der Waals surface area (Å²) in [5.41, 5.74) is 1.19. The summed E-state index contributed by atoms with van der Waals surface area (Å²) in [6.07, 6.45) is 2.60. The fraction of sp³-hybridized carbons (Fsp3) is 0.182. The van der Waals surface area contributed by atoms with Crippen LogP contribution in [-0.4, -0.2) is 20.7 Å². The summed E-state index contributed by atoms with van der Waals surface area (Å²) < 4.78 is 14.6. The number of hydrogen-bond acceptors (Lipinski definition) is 3. The second kappa shape index (κ2) is 4.73. The highest BCUT2D eigenvalue weighted by Crippen LogP contribution is 2.17. The smallest absolute Gasteiger partial charge is 0.258 e. The van der Waals surface area contributed by atoms with Gasteiger partial charge in [-0.2, -0.15) is 5.10 Å². The Bertz CT molecular complexity index is 611. The molecule has 0 radical (unpaired) electrons. The van der Waals surface area contributed by atoms with Gasteiger partial charge in [0, 0.05) is 13.2 Å². The molecule has 1 amide bonds. The summed E-state index contributed by atoms with van der Waals surface area (Å²) in [4.78, 5) is 15.5. The van der Waals surface area contributed by atoms with Crippen molar-refractivity contribution in [2.45, 2.75) is 6.92 Å². The van der Waals surface area contributed by atoms with Crippen LogP contribution < -0.4 is 5.32 Å². The third kappa shape index (κ3) is 2.48. The molecule has 7 heteroatoms. The Balaban J connectivity index is 2.27. The van der Waals surface area contributed by atoms with E-state index in [0.29, 0.717) is 11.4 Å². The maximum atomic E-state index is 13.0. The van der Waals surface area contributed by atoms with Gasteiger partial charge in [0.1, 0.15) is 11.0 Å². The number of carbonyl (C=O) groups excluding carboxylic acids is 1. The van der Waals surface area contributed by atoms with Gasteiger partial charge in [-0.3, -0.25) is 9.48 Å². The van der Waals surface area contributed by atoms with E-state index in [2.05, 4.69) is 15.4 Å². The van der Waals surface area contributed by atoms with Crippen molar-refractivity contribution in [1.29, 1.82) is 0 Å². The average molecular weight is 269 g/mol. The van der Waals surface area contributed by atoms with E-state index in [1.165, 1.54) is 0 Å². The highest BCUT2D eigenvalue weighted by Gasteiger charge is 2.14. The predicted octanol–water partition coefficient (Wildman–Crippen LogP) is 2.17. The van der Waals surface area contributed by atoms with Crippen LogP contribution in [0.15, 0.2) is 18.5 Å². The number of nitrogens with zero attached hydrogens (tertiary/aromatic N) is 3. The molecule has 0 aliphatic rings. The number of anilines is 1. The predicted molar refractivity (Wildman–Crippen MR) is 65.1 cm³/mol. The summed E-state index contributed by atoms with van der Waals surface area (Å²) >= 11 is 5.74. The maximum absolute atomic E-state index is 13.0. The van der Waals surface area contributed by atoms with Gasteiger partial charge in [-0.05, 0) is 13.0 Å². The third-order valence-electron chi connectivity index (χ3n) is 2.31. The van der Waals surface area contributed by atoms with Crippen molar-refractivity contribution in [3.63, 3.8) is 0 Å².